The highest BCUT2D eigenvalue weighted by Gasteiger charge is 2.57. The Labute approximate surface area is 915 Å². The van der Waals surface area contributed by atoms with Gasteiger partial charge in [0.1, 0.15) is 123 Å². The highest BCUT2D eigenvalue weighted by molar-refractivity contribution is 5.94. The molecule has 32 rings (SSSR count). The van der Waals surface area contributed by atoms with Crippen molar-refractivity contribution in [3.8, 4) is 18.2 Å². The van der Waals surface area contributed by atoms with E-state index in [2.05, 4.69) is 171 Å². The minimum absolute atomic E-state index is 0. The van der Waals surface area contributed by atoms with Crippen LogP contribution in [0, 0.1) is 70.2 Å². The SMILES string of the molecule is CCCC(=O)NC1C[N+]2(C)CCC1CC2.CCCCC(=O)NC1C[N+]2(C)CCC1CC2.CCCC[N+]12CC[N+](C)(CC1)CC2.C[N+]1(Cc2ccccc2)C(C#N)CCCC1C#N.C[N+]12CCC(CC1)C(NC(=O)c1ccccc1)C2.C[N+]12CCC(CC1)C(O)(C#N)C2.C[N+]12CCC(CC1)C(OC(=O)c1ccccc1)C2.C[N+]12CCN(CC1)CC2.C[N+]12CC[N+](Cc3ccccc3)(CC1)CC2.[Br-].[Br-].[C-]#[N+]C12CC[N+](C)(CC1)CC2. The number of nitriles is 3. The predicted octanol–water partition coefficient (Wildman–Crippen LogP) is 6.74. The van der Waals surface area contributed by atoms with Gasteiger partial charge in [0.2, 0.25) is 23.0 Å². The van der Waals surface area contributed by atoms with Crippen LogP contribution < -0.4 is 49.9 Å². The third kappa shape index (κ3) is 32.0. The second-order valence-electron chi connectivity index (χ2n) is 52.4. The fourth-order valence-corrected chi connectivity index (χ4v) is 28.8. The smallest absolute Gasteiger partial charge is 0.338 e. The quantitative estimate of drug-likeness (QED) is 0.0357. The Morgan fingerprint density at radius 3 is 1.14 bits per heavy atom. The molecule has 0 aromatic heterocycles. The molecule has 28 fully saturated rings. The van der Waals surface area contributed by atoms with Crippen LogP contribution in [0.3, 0.4) is 0 Å². The first-order valence-corrected chi connectivity index (χ1v) is 58.1. The first kappa shape index (κ1) is 120. The number of piperazine rings is 9. The molecular weight excluding hydrogens is 1980 g/mol. The first-order chi connectivity index (χ1) is 69.7. The fourth-order valence-electron chi connectivity index (χ4n) is 28.8. The normalized spacial score (nSPS) is 38.9. The number of amides is 3. The second-order valence-corrected chi connectivity index (χ2v) is 52.4. The highest BCUT2D eigenvalue weighted by Crippen LogP contribution is 2.43. The average molecular weight is 2180 g/mol. The number of aliphatic hydroxyl groups is 1. The summed E-state index contributed by atoms with van der Waals surface area (Å²) in [7, 11) is 23.0. The van der Waals surface area contributed by atoms with Crippen LogP contribution >= 0.6 is 0 Å². The van der Waals surface area contributed by atoms with Gasteiger partial charge in [-0.2, -0.15) is 15.8 Å². The highest BCUT2D eigenvalue weighted by atomic mass is 79.9. The maximum absolute atomic E-state index is 12.2. The number of esters is 1. The van der Waals surface area contributed by atoms with Gasteiger partial charge < -0.3 is 114 Å². The summed E-state index contributed by atoms with van der Waals surface area (Å²) in [5.41, 5.74) is 3.21. The van der Waals surface area contributed by atoms with E-state index in [0.29, 0.717) is 59.4 Å². The largest absolute Gasteiger partial charge is 1.00 e. The number of benzene rings is 4. The van der Waals surface area contributed by atoms with Crippen molar-refractivity contribution < 1.29 is 117 Å². The molecule has 0 spiro atoms. The van der Waals surface area contributed by atoms with Gasteiger partial charge in [-0.1, -0.05) is 131 Å². The number of halogens is 2. The Morgan fingerprint density at radius 2 is 0.770 bits per heavy atom. The predicted molar refractivity (Wildman–Crippen MR) is 581 cm³/mol. The zero-order valence-corrected chi connectivity index (χ0v) is 97.3. The van der Waals surface area contributed by atoms with Crippen molar-refractivity contribution in [1.82, 2.24) is 20.9 Å². The van der Waals surface area contributed by atoms with Gasteiger partial charge in [0.15, 0.2) is 18.2 Å². The molecule has 7 atom stereocenters. The number of hydrogen-bond acceptors (Lipinski definition) is 10. The van der Waals surface area contributed by atoms with Gasteiger partial charge in [0, 0.05) is 138 Å². The summed E-state index contributed by atoms with van der Waals surface area (Å²) in [6.07, 6.45) is 25.8. The number of unbranched alkanes of at least 4 members (excludes halogenated alkanes) is 2. The van der Waals surface area contributed by atoms with Gasteiger partial charge in [-0.3, -0.25) is 23.8 Å². The van der Waals surface area contributed by atoms with Gasteiger partial charge >= 0.3 is 5.97 Å². The summed E-state index contributed by atoms with van der Waals surface area (Å²) in [6.45, 7) is 63.6. The lowest BCUT2D eigenvalue weighted by Crippen LogP contribution is -3.00. The number of rotatable bonds is 18. The molecule has 7 unspecified atom stereocenters. The standard InChI is InChI=1S/C15H18N3.C15H20N2O.C15H20NO2.C14H22N2.C13H24N2O.C12H22N2O.C11H24N2.C9H15N2O.C9H15N2.C7H15N2.2BrH/c1-18(12-13-6-3-2-4-7-13)14(10-16)8-5-9-15(18)11-17;1-17-9-7-12(8-10-17)14(11-17)16-15(18)13-5-3-2-4-6-13;1-16-9-7-12(8-10-16)14(11-16)18-15(17)13-5-3-2-4-6-13;1-15-7-10-16(11-8-15,12-9-15)13-14-5-3-2-4-6-14;1-3-4-5-13(16)14-12-10-15(2)8-6-11(12)7-9-15;1-3-4-12(15)13-11-9-14(2)7-5-10(11)6-8-14;1-3-4-5-13-9-6-12(2,7-10-13)8-11-13;1-11-4-2-8(3-5-11)9(12,6-10)7-11;1-10-9-3-6-11(2,7-4-9)8-5-9;1-9-5-2-8(3-6-9)4-7-9;;/h2-4,6-7,14-15H,5,8-9,12H2,1H3;2*2-6,12,14H,7-11H2,1H3;2-6H,7-13H2,1H3;11-12H,3-10H2,1-2H3;10-11H,3-9H2,1-2H3;3-11H2,1-2H3;8,12H,2-5,7H2,1H3;3-8H2,2H3;2-7H2,1H3;2*1H/q+1;;+1;+2;;;+2;3*+1;;/p+1. The third-order valence-corrected chi connectivity index (χ3v) is 40.7. The van der Waals surface area contributed by atoms with E-state index in [1.54, 1.807) is 0 Å². The van der Waals surface area contributed by atoms with Crippen molar-refractivity contribution in [2.24, 2.45) is 29.6 Å². The lowest BCUT2D eigenvalue weighted by Gasteiger charge is -2.54. The minimum atomic E-state index is -1.02. The van der Waals surface area contributed by atoms with Crippen LogP contribution in [-0.4, -0.2) is 448 Å². The molecular formula is C120H198Br2N20O6+10. The molecule has 0 saturated carbocycles. The van der Waals surface area contributed by atoms with E-state index in [0.717, 1.165) is 147 Å². The number of fused-ring (bicyclic) bond motifs is 27. The lowest BCUT2D eigenvalue weighted by atomic mass is 9.75. The van der Waals surface area contributed by atoms with Crippen molar-refractivity contribution in [3.63, 3.8) is 0 Å². The molecule has 0 radical (unpaired) electrons. The number of quaternary nitrogens is 12. The molecule has 28 aliphatic rings. The van der Waals surface area contributed by atoms with Crippen LogP contribution in [0.5, 0.6) is 0 Å². The topological polar surface area (TPSA) is 213 Å². The Hall–Kier alpha value is -6.88. The number of hydrogen-bond donors (Lipinski definition) is 4. The van der Waals surface area contributed by atoms with E-state index < -0.39 is 5.60 Å². The molecule has 0 aliphatic carbocycles. The number of piperidine rings is 19. The average Bonchev–Trinajstić information content (AvgIpc) is 0.643. The van der Waals surface area contributed by atoms with E-state index in [4.69, 9.17) is 16.6 Å². The van der Waals surface area contributed by atoms with E-state index in [1.165, 1.54) is 314 Å². The van der Waals surface area contributed by atoms with Crippen molar-refractivity contribution in [1.29, 1.82) is 15.8 Å². The van der Waals surface area contributed by atoms with Gasteiger partial charge in [0.25, 0.3) is 5.91 Å². The Bertz CT molecular complexity index is 4800. The van der Waals surface area contributed by atoms with E-state index in [9.17, 15) is 34.8 Å². The monoisotopic (exact) mass is 2170 g/mol. The number of likely N-dealkylation sites (tertiary alicyclic amines) is 1. The Morgan fingerprint density at radius 1 is 0.405 bits per heavy atom. The maximum atomic E-state index is 12.2. The molecule has 28 heteroatoms. The lowest BCUT2D eigenvalue weighted by molar-refractivity contribution is -1.08. The Balaban J connectivity index is 0.000000147. The summed E-state index contributed by atoms with van der Waals surface area (Å²) in [4.78, 5) is 53.9. The minimum Gasteiger partial charge on any atom is -1.00 e. The van der Waals surface area contributed by atoms with Crippen molar-refractivity contribution in [3.05, 3.63) is 155 Å². The summed E-state index contributed by atoms with van der Waals surface area (Å²) < 4.78 is 19.8. The van der Waals surface area contributed by atoms with Gasteiger partial charge in [0.05, 0.1) is 244 Å². The zero-order chi connectivity index (χ0) is 104. The van der Waals surface area contributed by atoms with Crippen molar-refractivity contribution >= 4 is 23.7 Å². The molecule has 4 aromatic rings. The molecule has 26 nitrogen and oxygen atoms in total. The summed E-state index contributed by atoms with van der Waals surface area (Å²) >= 11 is 0. The van der Waals surface area contributed by atoms with Gasteiger partial charge in [-0.15, -0.1) is 0 Å². The molecule has 3 amide bonds. The van der Waals surface area contributed by atoms with Crippen LogP contribution in [0.2, 0.25) is 0 Å². The summed E-state index contributed by atoms with van der Waals surface area (Å²) in [6, 6.07) is 48.0. The molecule has 818 valence electrons. The number of carbonyl (C=O) groups is 4. The third-order valence-electron chi connectivity index (χ3n) is 40.7. The number of nitrogens with one attached hydrogen (secondary N) is 3. The van der Waals surface area contributed by atoms with Gasteiger partial charge in [-0.25, -0.2) is 11.4 Å². The zero-order valence-electron chi connectivity index (χ0n) is 94.1. The van der Waals surface area contributed by atoms with Crippen LogP contribution in [0.25, 0.3) is 4.85 Å². The molecule has 28 heterocycles. The van der Waals surface area contributed by atoms with E-state index in [1.807, 2.05) is 85.9 Å². The molecule has 28 aliphatic heterocycles. The van der Waals surface area contributed by atoms with Crippen LogP contribution in [0.4, 0.5) is 0 Å². The van der Waals surface area contributed by atoms with Crippen LogP contribution in [0.1, 0.15) is 200 Å². The van der Waals surface area contributed by atoms with Gasteiger partial charge in [-0.05, 0) is 67.7 Å². The summed E-state index contributed by atoms with van der Waals surface area (Å²) in [5.74, 6) is 3.46. The fraction of sp³-hybridized carbons (Fsp3) is 0.733. The molecule has 4 aromatic carbocycles. The molecule has 28 saturated heterocycles. The number of nitrogens with zero attached hydrogens (tertiary/aromatic N) is 17. The van der Waals surface area contributed by atoms with Crippen molar-refractivity contribution in [2.75, 3.05) is 313 Å². The molecule has 18 bridgehead atoms. The van der Waals surface area contributed by atoms with Crippen LogP contribution in [0.15, 0.2) is 121 Å². The summed E-state index contributed by atoms with van der Waals surface area (Å²) in [5, 5.41) is 47.2. The van der Waals surface area contributed by atoms with Crippen molar-refractivity contribution in [2.45, 2.75) is 229 Å². The number of carbonyl (C=O) groups excluding carboxylic acids is 4. The molecule has 148 heavy (non-hydrogen) atoms. The van der Waals surface area contributed by atoms with Crippen LogP contribution in [-0.2, 0) is 27.4 Å². The van der Waals surface area contributed by atoms with E-state index in [-0.39, 0.29) is 87.3 Å². The number of ether oxygens (including phenoxy) is 1. The first-order valence-electron chi connectivity index (χ1n) is 58.1. The van der Waals surface area contributed by atoms with E-state index >= 15 is 0 Å². The Kier molecular flexibility index (Phi) is 42.5. The second kappa shape index (κ2) is 52.6. The molecule has 4 N–H and O–H groups in total. The number of likely N-dealkylation sites (N-methyl/N-ethyl adjacent to an activating group) is 8. The maximum Gasteiger partial charge on any atom is 0.338 e.